The summed E-state index contributed by atoms with van der Waals surface area (Å²) >= 11 is 0. The Labute approximate surface area is 116 Å². The first-order valence-corrected chi connectivity index (χ1v) is 5.89. The maximum atomic E-state index is 13.6. The highest BCUT2D eigenvalue weighted by molar-refractivity contribution is 5.85. The fraction of sp³-hybridized carbons (Fsp3) is 0.500. The summed E-state index contributed by atoms with van der Waals surface area (Å²) in [7, 11) is 0. The number of benzene rings is 1. The lowest BCUT2D eigenvalue weighted by atomic mass is 10.1. The molecule has 1 aromatic carbocycles. The normalized spacial score (nSPS) is 19.2. The molecule has 1 aliphatic rings. The maximum absolute atomic E-state index is 13.6. The van der Waals surface area contributed by atoms with Gasteiger partial charge in [0.25, 0.3) is 5.69 Å². The topological polar surface area (TPSA) is 66.6 Å². The zero-order chi connectivity index (χ0) is 13.1. The van der Waals surface area contributed by atoms with Crippen LogP contribution in [0.15, 0.2) is 18.2 Å². The zero-order valence-corrected chi connectivity index (χ0v) is 11.1. The molecule has 0 radical (unpaired) electrons. The van der Waals surface area contributed by atoms with Gasteiger partial charge in [0.15, 0.2) is 0 Å². The summed E-state index contributed by atoms with van der Waals surface area (Å²) in [5, 5.41) is 19.8. The number of aliphatic hydroxyl groups is 1. The summed E-state index contributed by atoms with van der Waals surface area (Å²) in [6.07, 6.45) is 1.84. The molecule has 106 valence electrons. The highest BCUT2D eigenvalue weighted by Gasteiger charge is 2.25. The summed E-state index contributed by atoms with van der Waals surface area (Å²) in [6, 6.07) is 3.58. The van der Waals surface area contributed by atoms with Crippen LogP contribution in [0.25, 0.3) is 0 Å². The van der Waals surface area contributed by atoms with Crippen LogP contribution in [0, 0.1) is 15.9 Å². The molecule has 0 bridgehead atoms. The number of halogens is 2. The van der Waals surface area contributed by atoms with Gasteiger partial charge >= 0.3 is 0 Å². The molecule has 1 atom stereocenters. The van der Waals surface area contributed by atoms with Crippen LogP contribution in [-0.2, 0) is 6.54 Å². The van der Waals surface area contributed by atoms with Gasteiger partial charge in [0, 0.05) is 30.3 Å². The van der Waals surface area contributed by atoms with E-state index in [0.717, 1.165) is 31.5 Å². The van der Waals surface area contributed by atoms with Crippen molar-refractivity contribution in [3.63, 3.8) is 0 Å². The summed E-state index contributed by atoms with van der Waals surface area (Å²) in [5.74, 6) is -0.441. The molecule has 0 aromatic heterocycles. The summed E-state index contributed by atoms with van der Waals surface area (Å²) in [4.78, 5) is 12.1. The van der Waals surface area contributed by atoms with Crippen molar-refractivity contribution >= 4 is 18.1 Å². The second kappa shape index (κ2) is 6.79. The fourth-order valence-corrected chi connectivity index (χ4v) is 2.32. The minimum Gasteiger partial charge on any atom is -0.395 e. The van der Waals surface area contributed by atoms with Crippen LogP contribution in [0.5, 0.6) is 0 Å². The van der Waals surface area contributed by atoms with E-state index in [-0.39, 0.29) is 30.7 Å². The minimum atomic E-state index is -0.531. The first-order chi connectivity index (χ1) is 8.61. The molecule has 5 nitrogen and oxygen atoms in total. The third-order valence-electron chi connectivity index (χ3n) is 3.32. The maximum Gasteiger partial charge on any atom is 0.269 e. The molecule has 1 N–H and O–H groups in total. The third kappa shape index (κ3) is 3.62. The van der Waals surface area contributed by atoms with Gasteiger partial charge in [-0.15, -0.1) is 12.4 Å². The van der Waals surface area contributed by atoms with E-state index in [4.69, 9.17) is 0 Å². The van der Waals surface area contributed by atoms with Gasteiger partial charge < -0.3 is 5.11 Å². The molecule has 1 fully saturated rings. The van der Waals surface area contributed by atoms with Gasteiger partial charge in [-0.2, -0.15) is 0 Å². The fourth-order valence-electron chi connectivity index (χ4n) is 2.32. The Kier molecular flexibility index (Phi) is 5.65. The van der Waals surface area contributed by atoms with E-state index >= 15 is 0 Å². The first kappa shape index (κ1) is 15.8. The van der Waals surface area contributed by atoms with Crippen LogP contribution in [0.2, 0.25) is 0 Å². The van der Waals surface area contributed by atoms with Gasteiger partial charge in [0.2, 0.25) is 0 Å². The van der Waals surface area contributed by atoms with Gasteiger partial charge in [-0.3, -0.25) is 15.0 Å². The standard InChI is InChI=1S/C12H15FN2O3.ClH/c13-12-4-3-10(15(17)18)6-9(12)7-14-5-1-2-11(14)8-16;/h3-4,6,11,16H,1-2,5,7-8H2;1H. The van der Waals surface area contributed by atoms with Crippen molar-refractivity contribution in [2.24, 2.45) is 0 Å². The number of nitrogens with zero attached hydrogens (tertiary/aromatic N) is 2. The van der Waals surface area contributed by atoms with E-state index in [0.29, 0.717) is 12.1 Å². The zero-order valence-electron chi connectivity index (χ0n) is 10.3. The van der Waals surface area contributed by atoms with Crippen molar-refractivity contribution in [1.29, 1.82) is 0 Å². The van der Waals surface area contributed by atoms with Gasteiger partial charge in [-0.25, -0.2) is 4.39 Å². The molecular weight excluding hydrogens is 275 g/mol. The predicted molar refractivity (Wildman–Crippen MR) is 70.8 cm³/mol. The molecule has 19 heavy (non-hydrogen) atoms. The Hall–Kier alpha value is -1.24. The third-order valence-corrected chi connectivity index (χ3v) is 3.32. The van der Waals surface area contributed by atoms with Crippen molar-refractivity contribution in [2.45, 2.75) is 25.4 Å². The van der Waals surface area contributed by atoms with Crippen molar-refractivity contribution in [1.82, 2.24) is 4.90 Å². The SMILES string of the molecule is Cl.O=[N+]([O-])c1ccc(F)c(CN2CCCC2CO)c1. The number of aliphatic hydroxyl groups excluding tert-OH is 1. The van der Waals surface area contributed by atoms with Crippen molar-refractivity contribution < 1.29 is 14.4 Å². The highest BCUT2D eigenvalue weighted by Crippen LogP contribution is 2.23. The van der Waals surface area contributed by atoms with Crippen LogP contribution in [0.1, 0.15) is 18.4 Å². The molecule has 1 saturated heterocycles. The van der Waals surface area contributed by atoms with Crippen LogP contribution in [-0.4, -0.2) is 34.1 Å². The molecule has 1 aromatic rings. The van der Waals surface area contributed by atoms with E-state index in [1.165, 1.54) is 6.07 Å². The molecule has 2 rings (SSSR count). The Balaban J connectivity index is 0.00000180. The Morgan fingerprint density at radius 3 is 2.89 bits per heavy atom. The average molecular weight is 291 g/mol. The van der Waals surface area contributed by atoms with Crippen molar-refractivity contribution in [2.75, 3.05) is 13.2 Å². The van der Waals surface area contributed by atoms with Crippen molar-refractivity contribution in [3.05, 3.63) is 39.7 Å². The Morgan fingerprint density at radius 2 is 2.26 bits per heavy atom. The summed E-state index contributed by atoms with van der Waals surface area (Å²) < 4.78 is 13.6. The molecule has 0 aliphatic carbocycles. The largest absolute Gasteiger partial charge is 0.395 e. The molecule has 7 heteroatoms. The molecule has 1 unspecified atom stereocenters. The lowest BCUT2D eigenvalue weighted by molar-refractivity contribution is -0.385. The van der Waals surface area contributed by atoms with Crippen LogP contribution in [0.3, 0.4) is 0 Å². The van der Waals surface area contributed by atoms with E-state index < -0.39 is 10.7 Å². The number of nitro benzene ring substituents is 1. The molecular formula is C12H16ClFN2O3. The second-order valence-electron chi connectivity index (χ2n) is 4.48. The number of rotatable bonds is 4. The van der Waals surface area contributed by atoms with Crippen LogP contribution >= 0.6 is 12.4 Å². The van der Waals surface area contributed by atoms with Gasteiger partial charge in [-0.1, -0.05) is 0 Å². The smallest absolute Gasteiger partial charge is 0.269 e. The summed E-state index contributed by atoms with van der Waals surface area (Å²) in [5.41, 5.74) is 0.204. The monoisotopic (exact) mass is 290 g/mol. The van der Waals surface area contributed by atoms with E-state index in [9.17, 15) is 19.6 Å². The van der Waals surface area contributed by atoms with E-state index in [1.54, 1.807) is 0 Å². The molecule has 1 heterocycles. The Bertz CT molecular complexity index is 459. The average Bonchev–Trinajstić information content (AvgIpc) is 2.79. The predicted octanol–water partition coefficient (Wildman–Crippen LogP) is 2.11. The van der Waals surface area contributed by atoms with E-state index in [1.807, 2.05) is 4.90 Å². The van der Waals surface area contributed by atoms with Gasteiger partial charge in [0.1, 0.15) is 5.82 Å². The van der Waals surface area contributed by atoms with Crippen molar-refractivity contribution in [3.8, 4) is 0 Å². The molecule has 0 amide bonds. The molecule has 0 spiro atoms. The number of hydrogen-bond acceptors (Lipinski definition) is 4. The quantitative estimate of drug-likeness (QED) is 0.681. The van der Waals surface area contributed by atoms with Crippen LogP contribution < -0.4 is 0 Å². The first-order valence-electron chi connectivity index (χ1n) is 5.89. The number of nitro groups is 1. The minimum absolute atomic E-state index is 0. The van der Waals surface area contributed by atoms with E-state index in [2.05, 4.69) is 0 Å². The lowest BCUT2D eigenvalue weighted by Crippen LogP contribution is -2.31. The molecule has 1 aliphatic heterocycles. The number of non-ortho nitro benzene ring substituents is 1. The molecule has 0 saturated carbocycles. The lowest BCUT2D eigenvalue weighted by Gasteiger charge is -2.22. The van der Waals surface area contributed by atoms with Gasteiger partial charge in [0.05, 0.1) is 11.5 Å². The van der Waals surface area contributed by atoms with Crippen LogP contribution in [0.4, 0.5) is 10.1 Å². The highest BCUT2D eigenvalue weighted by atomic mass is 35.5. The second-order valence-corrected chi connectivity index (χ2v) is 4.48. The van der Waals surface area contributed by atoms with Gasteiger partial charge in [-0.05, 0) is 25.5 Å². The summed E-state index contributed by atoms with van der Waals surface area (Å²) in [6.45, 7) is 1.13. The number of hydrogen-bond donors (Lipinski definition) is 1. The number of likely N-dealkylation sites (tertiary alicyclic amines) is 1. The Morgan fingerprint density at radius 1 is 1.53 bits per heavy atom.